The van der Waals surface area contributed by atoms with E-state index >= 15 is 0 Å². The first-order valence-electron chi connectivity index (χ1n) is 8.55. The molecule has 28 heavy (non-hydrogen) atoms. The predicted octanol–water partition coefficient (Wildman–Crippen LogP) is 2.31. The summed E-state index contributed by atoms with van der Waals surface area (Å²) in [7, 11) is -3.77. The highest BCUT2D eigenvalue weighted by molar-refractivity contribution is 7.89. The highest BCUT2D eigenvalue weighted by Gasteiger charge is 2.30. The zero-order valence-electron chi connectivity index (χ0n) is 15.1. The number of benzene rings is 2. The second-order valence-corrected chi connectivity index (χ2v) is 8.37. The number of sulfonamides is 1. The topological polar surface area (TPSA) is 74.8 Å². The number of carbonyl (C=O) groups excluding carboxylic acids is 2. The Bertz CT molecular complexity index is 994. The van der Waals surface area contributed by atoms with Crippen LogP contribution in [0.2, 0.25) is 0 Å². The number of halogens is 2. The van der Waals surface area contributed by atoms with Crippen LogP contribution in [0.25, 0.3) is 0 Å². The molecule has 6 nitrogen and oxygen atoms in total. The summed E-state index contributed by atoms with van der Waals surface area (Å²) in [4.78, 5) is 25.2. The molecule has 0 aliphatic carbocycles. The average Bonchev–Trinajstić information content (AvgIpc) is 2.67. The molecule has 3 rings (SSSR count). The molecule has 0 N–H and O–H groups in total. The zero-order chi connectivity index (χ0) is 20.5. The van der Waals surface area contributed by atoms with E-state index in [1.807, 2.05) is 0 Å². The number of ketones is 1. The third-order valence-electron chi connectivity index (χ3n) is 4.53. The van der Waals surface area contributed by atoms with Crippen molar-refractivity contribution >= 4 is 21.7 Å². The molecule has 2 aromatic rings. The molecule has 1 aliphatic heterocycles. The van der Waals surface area contributed by atoms with Crippen LogP contribution < -0.4 is 0 Å². The molecule has 1 heterocycles. The highest BCUT2D eigenvalue weighted by Crippen LogP contribution is 2.20. The third-order valence-corrected chi connectivity index (χ3v) is 6.45. The van der Waals surface area contributed by atoms with E-state index in [-0.39, 0.29) is 42.4 Å². The standard InChI is InChI=1S/C19H18F2N2O4S/c1-13(24)14-2-4-18(5-3-14)28(26,27)23-8-6-22(7-9-23)19(25)15-10-16(20)12-17(21)11-15/h2-5,10-12H,6-9H2,1H3. The summed E-state index contributed by atoms with van der Waals surface area (Å²) < 4.78 is 53.4. The molecule has 0 atom stereocenters. The van der Waals surface area contributed by atoms with Gasteiger partial charge in [0.15, 0.2) is 5.78 Å². The molecule has 1 fully saturated rings. The summed E-state index contributed by atoms with van der Waals surface area (Å²) >= 11 is 0. The number of hydrogen-bond donors (Lipinski definition) is 0. The summed E-state index contributed by atoms with van der Waals surface area (Å²) in [5.41, 5.74) is 0.297. The maximum Gasteiger partial charge on any atom is 0.254 e. The first-order chi connectivity index (χ1) is 13.2. The molecule has 1 aliphatic rings. The molecule has 0 radical (unpaired) electrons. The van der Waals surface area contributed by atoms with Crippen LogP contribution in [0.4, 0.5) is 8.78 Å². The van der Waals surface area contributed by atoms with Crippen molar-refractivity contribution in [2.45, 2.75) is 11.8 Å². The summed E-state index contributed by atoms with van der Waals surface area (Å²) in [6.45, 7) is 1.70. The Morgan fingerprint density at radius 1 is 0.857 bits per heavy atom. The predicted molar refractivity (Wildman–Crippen MR) is 97.5 cm³/mol. The molecule has 0 bridgehead atoms. The van der Waals surface area contributed by atoms with Crippen molar-refractivity contribution in [2.75, 3.05) is 26.2 Å². The van der Waals surface area contributed by atoms with Crippen LogP contribution in [0.5, 0.6) is 0 Å². The molecule has 1 saturated heterocycles. The Hall–Kier alpha value is -2.65. The largest absolute Gasteiger partial charge is 0.336 e. The Kier molecular flexibility index (Phi) is 5.57. The zero-order valence-corrected chi connectivity index (χ0v) is 15.9. The molecule has 0 saturated carbocycles. The second-order valence-electron chi connectivity index (χ2n) is 6.43. The monoisotopic (exact) mass is 408 g/mol. The van der Waals surface area contributed by atoms with Gasteiger partial charge in [0, 0.05) is 43.4 Å². The van der Waals surface area contributed by atoms with Crippen LogP contribution in [-0.4, -0.2) is 55.5 Å². The minimum absolute atomic E-state index is 0.0559. The molecule has 2 aromatic carbocycles. The molecule has 0 unspecified atom stereocenters. The van der Waals surface area contributed by atoms with Crippen molar-refractivity contribution in [3.63, 3.8) is 0 Å². The SMILES string of the molecule is CC(=O)c1ccc(S(=O)(=O)N2CCN(C(=O)c3cc(F)cc(F)c3)CC2)cc1. The Morgan fingerprint density at radius 2 is 1.39 bits per heavy atom. The summed E-state index contributed by atoms with van der Waals surface area (Å²) in [5, 5.41) is 0. The van der Waals surface area contributed by atoms with Crippen LogP contribution in [0.15, 0.2) is 47.4 Å². The van der Waals surface area contributed by atoms with Gasteiger partial charge in [-0.25, -0.2) is 17.2 Å². The fraction of sp³-hybridized carbons (Fsp3) is 0.263. The Morgan fingerprint density at radius 3 is 1.89 bits per heavy atom. The van der Waals surface area contributed by atoms with E-state index in [2.05, 4.69) is 0 Å². The van der Waals surface area contributed by atoms with Gasteiger partial charge in [-0.2, -0.15) is 4.31 Å². The molecule has 0 aromatic heterocycles. The molecule has 0 spiro atoms. The lowest BCUT2D eigenvalue weighted by Crippen LogP contribution is -2.50. The van der Waals surface area contributed by atoms with E-state index in [4.69, 9.17) is 0 Å². The summed E-state index contributed by atoms with van der Waals surface area (Å²) in [6.07, 6.45) is 0. The normalized spacial score (nSPS) is 15.5. The van der Waals surface area contributed by atoms with E-state index in [9.17, 15) is 26.8 Å². The molecular formula is C19H18F2N2O4S. The number of rotatable bonds is 4. The van der Waals surface area contributed by atoms with Gasteiger partial charge >= 0.3 is 0 Å². The fourth-order valence-corrected chi connectivity index (χ4v) is 4.42. The van der Waals surface area contributed by atoms with Crippen molar-refractivity contribution in [3.8, 4) is 0 Å². The van der Waals surface area contributed by atoms with E-state index in [1.54, 1.807) is 0 Å². The van der Waals surface area contributed by atoms with Gasteiger partial charge in [-0.3, -0.25) is 9.59 Å². The van der Waals surface area contributed by atoms with Gasteiger partial charge in [-0.15, -0.1) is 0 Å². The maximum atomic E-state index is 13.3. The second kappa shape index (κ2) is 7.76. The van der Waals surface area contributed by atoms with Gasteiger partial charge in [-0.1, -0.05) is 12.1 Å². The first-order valence-corrected chi connectivity index (χ1v) is 9.99. The summed E-state index contributed by atoms with van der Waals surface area (Å²) in [6, 6.07) is 8.23. The third kappa shape index (κ3) is 4.10. The minimum atomic E-state index is -3.77. The van der Waals surface area contributed by atoms with Gasteiger partial charge in [-0.05, 0) is 31.2 Å². The maximum absolute atomic E-state index is 13.3. The van der Waals surface area contributed by atoms with Gasteiger partial charge in [0.2, 0.25) is 10.0 Å². The van der Waals surface area contributed by atoms with E-state index in [0.717, 1.165) is 12.1 Å². The molecule has 148 valence electrons. The van der Waals surface area contributed by atoms with Crippen LogP contribution in [0, 0.1) is 11.6 Å². The number of piperazine rings is 1. The van der Waals surface area contributed by atoms with Crippen molar-refractivity contribution in [1.82, 2.24) is 9.21 Å². The smallest absolute Gasteiger partial charge is 0.254 e. The van der Waals surface area contributed by atoms with Crippen molar-refractivity contribution in [3.05, 3.63) is 65.2 Å². The number of carbonyl (C=O) groups is 2. The van der Waals surface area contributed by atoms with E-state index in [1.165, 1.54) is 40.4 Å². The van der Waals surface area contributed by atoms with E-state index < -0.39 is 27.6 Å². The van der Waals surface area contributed by atoms with Crippen LogP contribution in [0.3, 0.4) is 0 Å². The Balaban J connectivity index is 1.70. The minimum Gasteiger partial charge on any atom is -0.336 e. The lowest BCUT2D eigenvalue weighted by atomic mass is 10.1. The average molecular weight is 408 g/mol. The van der Waals surface area contributed by atoms with Crippen LogP contribution in [0.1, 0.15) is 27.6 Å². The quantitative estimate of drug-likeness (QED) is 0.728. The van der Waals surface area contributed by atoms with Gasteiger partial charge in [0.25, 0.3) is 5.91 Å². The number of Topliss-reactive ketones (excluding diaryl/α,β-unsaturated/α-hetero) is 1. The first kappa shape index (κ1) is 20.1. The van der Waals surface area contributed by atoms with Gasteiger partial charge in [0.1, 0.15) is 11.6 Å². The van der Waals surface area contributed by atoms with Crippen LogP contribution in [-0.2, 0) is 10.0 Å². The highest BCUT2D eigenvalue weighted by atomic mass is 32.2. The van der Waals surface area contributed by atoms with Crippen molar-refractivity contribution < 1.29 is 26.8 Å². The number of amides is 1. The molecular weight excluding hydrogens is 390 g/mol. The van der Waals surface area contributed by atoms with Crippen LogP contribution >= 0.6 is 0 Å². The molecule has 1 amide bonds. The fourth-order valence-electron chi connectivity index (χ4n) is 3.00. The summed E-state index contributed by atoms with van der Waals surface area (Å²) in [5.74, 6) is -2.41. The van der Waals surface area contributed by atoms with Gasteiger partial charge in [0.05, 0.1) is 4.90 Å². The molecule has 9 heteroatoms. The van der Waals surface area contributed by atoms with Gasteiger partial charge < -0.3 is 4.90 Å². The lowest BCUT2D eigenvalue weighted by Gasteiger charge is -2.34. The number of hydrogen-bond acceptors (Lipinski definition) is 4. The van der Waals surface area contributed by atoms with E-state index in [0.29, 0.717) is 11.6 Å². The lowest BCUT2D eigenvalue weighted by molar-refractivity contribution is 0.0696. The van der Waals surface area contributed by atoms with Crippen molar-refractivity contribution in [1.29, 1.82) is 0 Å². The Labute approximate surface area is 161 Å². The number of nitrogens with zero attached hydrogens (tertiary/aromatic N) is 2. The van der Waals surface area contributed by atoms with Crippen molar-refractivity contribution in [2.24, 2.45) is 0 Å².